The second-order valence-corrected chi connectivity index (χ2v) is 9.87. The number of hydrogen-bond acceptors (Lipinski definition) is 4. The second kappa shape index (κ2) is 8.53. The number of alkyl halides is 1. The molecule has 0 atom stereocenters. The van der Waals surface area contributed by atoms with Gasteiger partial charge in [-0.1, -0.05) is 40.2 Å². The monoisotopic (exact) mass is 483 g/mol. The van der Waals surface area contributed by atoms with Crippen molar-refractivity contribution in [3.05, 3.63) is 52.5 Å². The summed E-state index contributed by atoms with van der Waals surface area (Å²) in [6.07, 6.45) is -0.442. The average Bonchev–Trinajstić information content (AvgIpc) is 2.68. The van der Waals surface area contributed by atoms with Crippen LogP contribution in [0.2, 0.25) is 0 Å². The lowest BCUT2D eigenvalue weighted by atomic mass is 9.95. The maximum absolute atomic E-state index is 14.9. The Morgan fingerprint density at radius 1 is 1.17 bits per heavy atom. The quantitative estimate of drug-likeness (QED) is 0.588. The smallest absolute Gasteiger partial charge is 0.343 e. The normalized spacial score (nSPS) is 17.1. The third kappa shape index (κ3) is 4.39. The van der Waals surface area contributed by atoms with Crippen LogP contribution in [0.4, 0.5) is 4.39 Å². The minimum Gasteiger partial charge on any atom is -0.464 e. The van der Waals surface area contributed by atoms with Crippen LogP contribution in [-0.2, 0) is 19.6 Å². The number of carbonyl (C=O) groups is 1. The zero-order valence-electron chi connectivity index (χ0n) is 16.3. The van der Waals surface area contributed by atoms with E-state index in [-0.39, 0.29) is 37.4 Å². The van der Waals surface area contributed by atoms with Crippen LogP contribution in [0.15, 0.2) is 51.8 Å². The van der Waals surface area contributed by atoms with Crippen LogP contribution >= 0.6 is 15.9 Å². The van der Waals surface area contributed by atoms with E-state index in [1.807, 2.05) is 31.2 Å². The molecule has 0 aliphatic carbocycles. The fourth-order valence-electron chi connectivity index (χ4n) is 3.50. The summed E-state index contributed by atoms with van der Waals surface area (Å²) in [4.78, 5) is 12.1. The maximum atomic E-state index is 14.9. The molecule has 2 aromatic rings. The number of carbonyl (C=O) groups excluding carboxylic acids is 1. The number of benzene rings is 2. The standard InChI is InChI=1S/C21H23BrFNO4S/c1-3-28-20(25)21(23)10-12-24(13-11-21)29(26,27)19-9-8-16(22)14-18(19)17-7-5-4-6-15(17)2/h4-9,14H,3,10-13H2,1-2H3. The molecule has 1 saturated heterocycles. The van der Waals surface area contributed by atoms with Gasteiger partial charge >= 0.3 is 5.97 Å². The van der Waals surface area contributed by atoms with Gasteiger partial charge in [-0.2, -0.15) is 4.31 Å². The Morgan fingerprint density at radius 2 is 1.83 bits per heavy atom. The van der Waals surface area contributed by atoms with Gasteiger partial charge in [-0.25, -0.2) is 17.6 Å². The van der Waals surface area contributed by atoms with Gasteiger partial charge in [0.15, 0.2) is 0 Å². The van der Waals surface area contributed by atoms with Crippen LogP contribution in [0.5, 0.6) is 0 Å². The third-order valence-electron chi connectivity index (χ3n) is 5.15. The molecular formula is C21H23BrFNO4S. The Balaban J connectivity index is 1.94. The summed E-state index contributed by atoms with van der Waals surface area (Å²) in [6, 6.07) is 12.6. The summed E-state index contributed by atoms with van der Waals surface area (Å²) in [5.41, 5.74) is 0.210. The summed E-state index contributed by atoms with van der Waals surface area (Å²) in [5, 5.41) is 0. The Hall–Kier alpha value is -1.77. The Morgan fingerprint density at radius 3 is 2.45 bits per heavy atom. The SMILES string of the molecule is CCOC(=O)C1(F)CCN(S(=O)(=O)c2ccc(Br)cc2-c2ccccc2C)CC1. The zero-order chi connectivity index (χ0) is 21.2. The molecule has 3 rings (SSSR count). The van der Waals surface area contributed by atoms with E-state index >= 15 is 0 Å². The van der Waals surface area contributed by atoms with E-state index in [1.165, 1.54) is 4.31 Å². The van der Waals surface area contributed by atoms with Crippen molar-refractivity contribution in [2.75, 3.05) is 19.7 Å². The number of rotatable bonds is 5. The summed E-state index contributed by atoms with van der Waals surface area (Å²) in [5.74, 6) is -0.915. The molecule has 1 fully saturated rings. The molecule has 0 radical (unpaired) electrons. The van der Waals surface area contributed by atoms with Gasteiger partial charge in [0, 0.05) is 36.0 Å². The van der Waals surface area contributed by atoms with Crippen LogP contribution in [0.25, 0.3) is 11.1 Å². The van der Waals surface area contributed by atoms with Gasteiger partial charge in [0.2, 0.25) is 15.7 Å². The third-order valence-corrected chi connectivity index (χ3v) is 7.60. The van der Waals surface area contributed by atoms with E-state index in [0.29, 0.717) is 5.56 Å². The molecule has 156 valence electrons. The van der Waals surface area contributed by atoms with Crippen molar-refractivity contribution < 1.29 is 22.3 Å². The highest BCUT2D eigenvalue weighted by atomic mass is 79.9. The zero-order valence-corrected chi connectivity index (χ0v) is 18.7. The van der Waals surface area contributed by atoms with Gasteiger partial charge in [0.25, 0.3) is 0 Å². The van der Waals surface area contributed by atoms with Crippen LogP contribution in [0.1, 0.15) is 25.3 Å². The number of sulfonamides is 1. The molecule has 0 spiro atoms. The van der Waals surface area contributed by atoms with E-state index in [9.17, 15) is 17.6 Å². The van der Waals surface area contributed by atoms with E-state index < -0.39 is 21.7 Å². The molecule has 0 amide bonds. The first-order valence-corrected chi connectivity index (χ1v) is 11.6. The topological polar surface area (TPSA) is 63.7 Å². The molecule has 1 heterocycles. The van der Waals surface area contributed by atoms with Gasteiger partial charge in [-0.05, 0) is 43.2 Å². The number of piperidine rings is 1. The summed E-state index contributed by atoms with van der Waals surface area (Å²) >= 11 is 3.42. The van der Waals surface area contributed by atoms with Crippen LogP contribution < -0.4 is 0 Å². The molecule has 0 saturated carbocycles. The van der Waals surface area contributed by atoms with Crippen LogP contribution in [0, 0.1) is 6.92 Å². The van der Waals surface area contributed by atoms with Crippen molar-refractivity contribution >= 4 is 31.9 Å². The van der Waals surface area contributed by atoms with E-state index in [2.05, 4.69) is 15.9 Å². The van der Waals surface area contributed by atoms with Gasteiger partial charge in [-0.3, -0.25) is 0 Å². The summed E-state index contributed by atoms with van der Waals surface area (Å²) in [7, 11) is -3.87. The highest BCUT2D eigenvalue weighted by Crippen LogP contribution is 2.36. The van der Waals surface area contributed by atoms with Crippen molar-refractivity contribution in [1.82, 2.24) is 4.31 Å². The highest BCUT2D eigenvalue weighted by Gasteiger charge is 2.45. The number of nitrogens with zero attached hydrogens (tertiary/aromatic N) is 1. The van der Waals surface area contributed by atoms with Crippen LogP contribution in [0.3, 0.4) is 0 Å². The average molecular weight is 484 g/mol. The lowest BCUT2D eigenvalue weighted by molar-refractivity contribution is -0.160. The number of hydrogen-bond donors (Lipinski definition) is 0. The lowest BCUT2D eigenvalue weighted by Crippen LogP contribution is -2.49. The van der Waals surface area contributed by atoms with Crippen molar-refractivity contribution in [1.29, 1.82) is 0 Å². The molecule has 5 nitrogen and oxygen atoms in total. The molecule has 0 unspecified atom stereocenters. The molecule has 0 N–H and O–H groups in total. The minimum atomic E-state index is -3.87. The number of aryl methyl sites for hydroxylation is 1. The predicted octanol–water partition coefficient (Wildman–Crippen LogP) is 4.48. The first-order valence-electron chi connectivity index (χ1n) is 9.41. The first kappa shape index (κ1) is 21.9. The second-order valence-electron chi connectivity index (χ2n) is 7.05. The number of halogens is 2. The van der Waals surface area contributed by atoms with Crippen molar-refractivity contribution in [2.45, 2.75) is 37.3 Å². The van der Waals surface area contributed by atoms with Crippen molar-refractivity contribution in [3.63, 3.8) is 0 Å². The molecule has 0 bridgehead atoms. The number of ether oxygens (including phenoxy) is 1. The Bertz CT molecular complexity index is 1020. The fourth-order valence-corrected chi connectivity index (χ4v) is 5.49. The molecule has 1 aliphatic rings. The van der Waals surface area contributed by atoms with Crippen molar-refractivity contribution in [2.24, 2.45) is 0 Å². The van der Waals surface area contributed by atoms with E-state index in [0.717, 1.165) is 15.6 Å². The minimum absolute atomic E-state index is 0.0824. The van der Waals surface area contributed by atoms with Gasteiger partial charge < -0.3 is 4.74 Å². The predicted molar refractivity (Wildman–Crippen MR) is 113 cm³/mol. The van der Waals surface area contributed by atoms with Gasteiger partial charge in [0.1, 0.15) is 0 Å². The molecule has 2 aromatic carbocycles. The summed E-state index contributed by atoms with van der Waals surface area (Å²) < 4.78 is 48.4. The molecule has 0 aromatic heterocycles. The first-order chi connectivity index (χ1) is 13.7. The number of esters is 1. The van der Waals surface area contributed by atoms with Crippen LogP contribution in [-0.4, -0.2) is 44.1 Å². The largest absolute Gasteiger partial charge is 0.464 e. The van der Waals surface area contributed by atoms with E-state index in [1.54, 1.807) is 25.1 Å². The maximum Gasteiger partial charge on any atom is 0.343 e. The molecular weight excluding hydrogens is 461 g/mol. The molecule has 1 aliphatic heterocycles. The Kier molecular flexibility index (Phi) is 6.45. The lowest BCUT2D eigenvalue weighted by Gasteiger charge is -2.34. The van der Waals surface area contributed by atoms with Crippen molar-refractivity contribution in [3.8, 4) is 11.1 Å². The molecule has 8 heteroatoms. The highest BCUT2D eigenvalue weighted by molar-refractivity contribution is 9.10. The van der Waals surface area contributed by atoms with Gasteiger partial charge in [-0.15, -0.1) is 0 Å². The van der Waals surface area contributed by atoms with Gasteiger partial charge in [0.05, 0.1) is 11.5 Å². The molecule has 29 heavy (non-hydrogen) atoms. The Labute approximate surface area is 179 Å². The summed E-state index contributed by atoms with van der Waals surface area (Å²) in [6.45, 7) is 3.46. The fraction of sp³-hybridized carbons (Fsp3) is 0.381. The van der Waals surface area contributed by atoms with E-state index in [4.69, 9.17) is 4.74 Å².